The summed E-state index contributed by atoms with van der Waals surface area (Å²) in [7, 11) is 3.00. The number of para-hydroxylation sites is 1. The average molecular weight is 684 g/mol. The van der Waals surface area contributed by atoms with Crippen LogP contribution < -0.4 is 25.6 Å². The average Bonchev–Trinajstić information content (AvgIpc) is 3.27. The summed E-state index contributed by atoms with van der Waals surface area (Å²) in [6.07, 6.45) is 4.07. The normalized spacial score (nSPS) is 18.8. The highest BCUT2D eigenvalue weighted by molar-refractivity contribution is 9.10. The molecule has 0 amide bonds. The van der Waals surface area contributed by atoms with Crippen molar-refractivity contribution in [3.05, 3.63) is 59.0 Å². The van der Waals surface area contributed by atoms with Gasteiger partial charge < -0.3 is 29.7 Å². The van der Waals surface area contributed by atoms with E-state index in [0.29, 0.717) is 40.8 Å². The maximum Gasteiger partial charge on any atom is 0.229 e. The van der Waals surface area contributed by atoms with Crippen LogP contribution in [0, 0.1) is 0 Å². The van der Waals surface area contributed by atoms with E-state index in [1.165, 1.54) is 0 Å². The number of aromatic nitrogens is 4. The Morgan fingerprint density at radius 2 is 1.86 bits per heavy atom. The van der Waals surface area contributed by atoms with E-state index >= 15 is 4.39 Å². The predicted octanol–water partition coefficient (Wildman–Crippen LogP) is 5.79. The Morgan fingerprint density at radius 3 is 2.61 bits per heavy atom. The molecular formula is C31H37BrFN8O2P. The lowest BCUT2D eigenvalue weighted by atomic mass is 9.98. The molecule has 0 aliphatic carbocycles. The van der Waals surface area contributed by atoms with Crippen LogP contribution >= 0.6 is 23.1 Å². The van der Waals surface area contributed by atoms with Crippen molar-refractivity contribution >= 4 is 57.2 Å². The second-order valence-corrected chi connectivity index (χ2v) is 15.8. The highest BCUT2D eigenvalue weighted by Gasteiger charge is 2.36. The minimum atomic E-state index is -2.54. The molecule has 44 heavy (non-hydrogen) atoms. The summed E-state index contributed by atoms with van der Waals surface area (Å²) in [6, 6.07) is 11.3. The quantitative estimate of drug-likeness (QED) is 0.235. The van der Waals surface area contributed by atoms with Gasteiger partial charge in [-0.2, -0.15) is 10.1 Å². The molecule has 2 aliphatic rings. The molecule has 2 atom stereocenters. The van der Waals surface area contributed by atoms with Crippen LogP contribution in [0.2, 0.25) is 0 Å². The Kier molecular flexibility index (Phi) is 8.43. The van der Waals surface area contributed by atoms with Crippen molar-refractivity contribution in [2.45, 2.75) is 25.1 Å². The van der Waals surface area contributed by atoms with Crippen LogP contribution in [-0.4, -0.2) is 84.0 Å². The summed E-state index contributed by atoms with van der Waals surface area (Å²) in [6.45, 7) is 5.43. The first kappa shape index (κ1) is 30.6. The van der Waals surface area contributed by atoms with Gasteiger partial charge in [0.05, 0.1) is 35.2 Å². The van der Waals surface area contributed by atoms with E-state index in [-0.39, 0.29) is 6.04 Å². The van der Waals surface area contributed by atoms with Gasteiger partial charge in [0.1, 0.15) is 24.9 Å². The molecule has 1 fully saturated rings. The molecule has 1 saturated heterocycles. The Bertz CT molecular complexity index is 1740. The zero-order valence-corrected chi connectivity index (χ0v) is 28.0. The van der Waals surface area contributed by atoms with E-state index in [4.69, 9.17) is 9.72 Å². The summed E-state index contributed by atoms with van der Waals surface area (Å²) in [5.74, 6) is 1.46. The first-order valence-corrected chi connectivity index (χ1v) is 18.0. The number of alkyl halides is 1. The Morgan fingerprint density at radius 1 is 1.07 bits per heavy atom. The van der Waals surface area contributed by atoms with Crippen molar-refractivity contribution in [2.24, 2.45) is 7.05 Å². The summed E-state index contributed by atoms with van der Waals surface area (Å²) >= 11 is 3.55. The Balaban J connectivity index is 1.39. The second kappa shape index (κ2) is 12.1. The summed E-state index contributed by atoms with van der Waals surface area (Å²) in [5, 5.41) is 12.0. The van der Waals surface area contributed by atoms with Crippen molar-refractivity contribution in [1.82, 2.24) is 24.6 Å². The van der Waals surface area contributed by atoms with Gasteiger partial charge in [-0.25, -0.2) is 9.37 Å². The summed E-state index contributed by atoms with van der Waals surface area (Å²) in [4.78, 5) is 13.5. The van der Waals surface area contributed by atoms with Crippen LogP contribution in [-0.2, 0) is 18.0 Å². The molecule has 232 valence electrons. The number of ether oxygens (including phenoxy) is 1. The monoisotopic (exact) mass is 682 g/mol. The van der Waals surface area contributed by atoms with Crippen LogP contribution in [0.4, 0.5) is 33.2 Å². The molecule has 0 spiro atoms. The molecule has 2 aromatic carbocycles. The van der Waals surface area contributed by atoms with Gasteiger partial charge in [0, 0.05) is 73.2 Å². The van der Waals surface area contributed by atoms with Gasteiger partial charge in [0.25, 0.3) is 0 Å². The number of hydrogen-bond acceptors (Lipinski definition) is 9. The van der Waals surface area contributed by atoms with E-state index < -0.39 is 13.3 Å². The SMILES string of the molecule is COc1cc2c(cc1Nc1ncc(Br)c(Nc3ccccc3P(C)(C)=O)n1)-c1cnn(C)c1CCN2[C@H]1CCN(C)C[C@@H]1F. The number of anilines is 5. The number of aryl methyl sites for hydroxylation is 1. The van der Waals surface area contributed by atoms with Gasteiger partial charge in [0.15, 0.2) is 0 Å². The minimum Gasteiger partial charge on any atom is -0.494 e. The number of methoxy groups -OCH3 is 1. The second-order valence-electron chi connectivity index (χ2n) is 11.8. The molecular weight excluding hydrogens is 646 g/mol. The van der Waals surface area contributed by atoms with Gasteiger partial charge in [-0.3, -0.25) is 4.68 Å². The summed E-state index contributed by atoms with van der Waals surface area (Å²) in [5.41, 5.74) is 5.38. The number of hydrogen-bond donors (Lipinski definition) is 2. The Hall–Kier alpha value is -3.47. The molecule has 2 aliphatic heterocycles. The lowest BCUT2D eigenvalue weighted by Gasteiger charge is -2.41. The highest BCUT2D eigenvalue weighted by Crippen LogP contribution is 2.45. The third kappa shape index (κ3) is 5.95. The van der Waals surface area contributed by atoms with Gasteiger partial charge in [-0.1, -0.05) is 12.1 Å². The van der Waals surface area contributed by atoms with E-state index in [1.807, 2.05) is 61.4 Å². The number of likely N-dealkylation sites (tertiary alicyclic amines) is 1. The van der Waals surface area contributed by atoms with Crippen molar-refractivity contribution in [2.75, 3.05) is 62.7 Å². The maximum atomic E-state index is 15.5. The zero-order valence-electron chi connectivity index (χ0n) is 25.5. The highest BCUT2D eigenvalue weighted by atomic mass is 79.9. The first-order valence-electron chi connectivity index (χ1n) is 14.6. The number of nitrogens with zero attached hydrogens (tertiary/aromatic N) is 6. The van der Waals surface area contributed by atoms with E-state index in [9.17, 15) is 4.57 Å². The van der Waals surface area contributed by atoms with Gasteiger partial charge in [-0.15, -0.1) is 0 Å². The maximum absolute atomic E-state index is 15.5. The number of nitrogens with one attached hydrogen (secondary N) is 2. The molecule has 13 heteroatoms. The van der Waals surface area contributed by atoms with Crippen LogP contribution in [0.3, 0.4) is 0 Å². The first-order chi connectivity index (χ1) is 21.0. The van der Waals surface area contributed by atoms with Gasteiger partial charge in [-0.05, 0) is 60.9 Å². The minimum absolute atomic E-state index is 0.233. The molecule has 4 aromatic rings. The Labute approximate surface area is 265 Å². The van der Waals surface area contributed by atoms with Crippen LogP contribution in [0.5, 0.6) is 5.75 Å². The molecule has 2 N–H and O–H groups in total. The van der Waals surface area contributed by atoms with E-state index in [1.54, 1.807) is 26.6 Å². The lowest BCUT2D eigenvalue weighted by Crippen LogP contribution is -2.52. The number of rotatable bonds is 7. The van der Waals surface area contributed by atoms with E-state index in [0.717, 1.165) is 52.9 Å². The van der Waals surface area contributed by atoms with Crippen molar-refractivity contribution in [1.29, 1.82) is 0 Å². The number of fused-ring (bicyclic) bond motifs is 3. The summed E-state index contributed by atoms with van der Waals surface area (Å²) < 4.78 is 36.9. The van der Waals surface area contributed by atoms with Crippen molar-refractivity contribution in [3.63, 3.8) is 0 Å². The number of halogens is 2. The molecule has 0 radical (unpaired) electrons. The number of benzene rings is 2. The zero-order chi connectivity index (χ0) is 31.2. The molecule has 6 rings (SSSR count). The fourth-order valence-corrected chi connectivity index (χ4v) is 7.62. The fourth-order valence-electron chi connectivity index (χ4n) is 6.17. The van der Waals surface area contributed by atoms with Gasteiger partial charge >= 0.3 is 0 Å². The molecule has 10 nitrogen and oxygen atoms in total. The topological polar surface area (TPSA) is 100 Å². The molecule has 2 aromatic heterocycles. The van der Waals surface area contributed by atoms with Crippen LogP contribution in [0.1, 0.15) is 12.1 Å². The molecule has 0 unspecified atom stereocenters. The van der Waals surface area contributed by atoms with Crippen LogP contribution in [0.25, 0.3) is 11.1 Å². The fraction of sp³-hybridized carbons (Fsp3) is 0.387. The number of piperidine rings is 1. The third-order valence-electron chi connectivity index (χ3n) is 8.41. The smallest absolute Gasteiger partial charge is 0.229 e. The van der Waals surface area contributed by atoms with Crippen molar-refractivity contribution in [3.8, 4) is 16.9 Å². The van der Waals surface area contributed by atoms with Crippen molar-refractivity contribution < 1.29 is 13.7 Å². The molecule has 0 saturated carbocycles. The molecule has 4 heterocycles. The lowest BCUT2D eigenvalue weighted by molar-refractivity contribution is 0.136. The standard InChI is InChI=1S/C31H37BrFN8O2P/c1-39-12-10-26(22(33)18-39)41-13-11-25-20(16-35-40(25)2)19-14-24(28(43-3)15-27(19)41)37-31-34-17-21(32)30(38-31)36-23-8-6-7-9-29(23)44(4,5)42/h6-9,14-17,22,26H,10-13,18H2,1-5H3,(H2,34,36,37,38)/t22-,26-/m0/s1. The van der Waals surface area contributed by atoms with Crippen LogP contribution in [0.15, 0.2) is 53.3 Å². The molecule has 0 bridgehead atoms. The largest absolute Gasteiger partial charge is 0.494 e. The predicted molar refractivity (Wildman–Crippen MR) is 179 cm³/mol. The van der Waals surface area contributed by atoms with E-state index in [2.05, 4.69) is 46.4 Å². The third-order valence-corrected chi connectivity index (χ3v) is 10.5. The van der Waals surface area contributed by atoms with Gasteiger partial charge in [0.2, 0.25) is 5.95 Å².